The molecule has 1 aliphatic heterocycles. The Balaban J connectivity index is 2.50. The monoisotopic (exact) mass is 299 g/mol. The first-order valence-corrected chi connectivity index (χ1v) is 6.99. The first kappa shape index (κ1) is 9.50. The Bertz CT molecular complexity index is 247. The Morgan fingerprint density at radius 2 is 2.55 bits per heavy atom. The molecule has 0 radical (unpaired) electrons. The van der Waals surface area contributed by atoms with Gasteiger partial charge in [-0.1, -0.05) is 32.9 Å². The van der Waals surface area contributed by atoms with Gasteiger partial charge in [0.1, 0.15) is 0 Å². The molecule has 0 aromatic rings. The Hall–Kier alpha value is 0.410. The van der Waals surface area contributed by atoms with E-state index < -0.39 is 0 Å². The molecule has 1 N–H and O–H groups in total. The summed E-state index contributed by atoms with van der Waals surface area (Å²) in [4.78, 5) is 10.9. The van der Waals surface area contributed by atoms with Gasteiger partial charge in [0.2, 0.25) is 5.65 Å². The number of hydrogen-bond donors (Lipinski definition) is 1. The normalized spacial score (nSPS) is 16.3. The van der Waals surface area contributed by atoms with Crippen molar-refractivity contribution in [3.8, 4) is 0 Å². The number of carbonyl (C=O) groups is 1. The van der Waals surface area contributed by atoms with Crippen LogP contribution in [0.25, 0.3) is 0 Å². The van der Waals surface area contributed by atoms with Crippen molar-refractivity contribution in [2.45, 2.75) is 0 Å². The van der Waals surface area contributed by atoms with Crippen molar-refractivity contribution in [2.75, 3.05) is 0 Å². The molecule has 0 aromatic heterocycles. The maximum Gasteiger partial charge on any atom is 0.245 e. The predicted octanol–water partition coefficient (Wildman–Crippen LogP) is 2.35. The molecule has 0 aliphatic carbocycles. The summed E-state index contributed by atoms with van der Waals surface area (Å²) >= 11 is 0.0836. The summed E-state index contributed by atoms with van der Waals surface area (Å²) in [6, 6.07) is 0. The molecule has 0 saturated heterocycles. The number of halogens is 1. The molecule has 2 atom stereocenters. The average Bonchev–Trinajstić information content (AvgIpc) is 2.06. The molecule has 0 bridgehead atoms. The van der Waals surface area contributed by atoms with Crippen LogP contribution in [0.3, 0.4) is 0 Å². The van der Waals surface area contributed by atoms with Gasteiger partial charge in [0.05, 0.1) is 0 Å². The van der Waals surface area contributed by atoms with Crippen LogP contribution >= 0.6 is 38.7 Å². The maximum atomic E-state index is 10.9. The lowest BCUT2D eigenvalue weighted by molar-refractivity contribution is 0.265. The first-order valence-electron chi connectivity index (χ1n) is 2.92. The molecule has 0 saturated carbocycles. The van der Waals surface area contributed by atoms with Crippen LogP contribution in [-0.2, 0) is 0 Å². The predicted molar refractivity (Wildman–Crippen MR) is 63.9 cm³/mol. The number of hydrogen-bond acceptors (Lipinski definition) is 1. The molecule has 1 rings (SSSR count). The summed E-state index contributed by atoms with van der Waals surface area (Å²) in [7, 11) is 2.48. The van der Waals surface area contributed by atoms with Crippen LogP contribution in [0, 0.1) is 0 Å². The molecule has 5 heteroatoms. The minimum atomic E-state index is 0.0804. The van der Waals surface area contributed by atoms with Crippen LogP contribution in [0.5, 0.6) is 0 Å². The van der Waals surface area contributed by atoms with Crippen LogP contribution in [0.4, 0.5) is 4.79 Å². The van der Waals surface area contributed by atoms with Gasteiger partial charge in [-0.2, -0.15) is 0 Å². The minimum Gasteiger partial charge on any atom is -0.337 e. The lowest BCUT2D eigenvalue weighted by atomic mass is 10.5. The van der Waals surface area contributed by atoms with E-state index in [1.807, 2.05) is 12.2 Å². The largest absolute Gasteiger partial charge is 0.337 e. The lowest BCUT2D eigenvalue weighted by Crippen LogP contribution is -2.01. The van der Waals surface area contributed by atoms with Crippen molar-refractivity contribution in [3.05, 3.63) is 21.5 Å². The fraction of sp³-hybridized carbons (Fsp3) is 0. The number of allylic oxidation sites excluding steroid dienone is 3. The van der Waals surface area contributed by atoms with E-state index in [9.17, 15) is 4.79 Å². The molecule has 1 amide bonds. The van der Waals surface area contributed by atoms with Gasteiger partial charge in [0.25, 0.3) is 0 Å². The van der Waals surface area contributed by atoms with E-state index in [4.69, 9.17) is 0 Å². The molecule has 2 nitrogen and oxygen atoms in total. The van der Waals surface area contributed by atoms with Crippen molar-refractivity contribution in [2.24, 2.45) is 0 Å². The molecule has 1 aliphatic rings. The van der Waals surface area contributed by atoms with Gasteiger partial charge in [-0.05, 0) is 22.8 Å². The van der Waals surface area contributed by atoms with Crippen molar-refractivity contribution >= 4 is 48.4 Å². The van der Waals surface area contributed by atoms with E-state index in [2.05, 4.69) is 22.6 Å². The van der Waals surface area contributed by atoms with E-state index in [1.165, 1.54) is 5.31 Å². The number of rotatable bonds is 2. The summed E-state index contributed by atoms with van der Waals surface area (Å²) in [5.41, 5.74) is 0.0804. The Kier molecular flexibility index (Phi) is 4.43. The third-order valence-corrected chi connectivity index (χ3v) is 4.96. The van der Waals surface area contributed by atoms with Crippen molar-refractivity contribution in [3.63, 3.8) is 0 Å². The molecule has 0 aromatic carbocycles. The van der Waals surface area contributed by atoms with Gasteiger partial charge in [-0.3, -0.25) is 4.79 Å². The molecule has 1 heterocycles. The van der Waals surface area contributed by atoms with E-state index in [0.717, 1.165) is 0 Å². The third-order valence-electron chi connectivity index (χ3n) is 0.991. The quantitative estimate of drug-likeness (QED) is 0.615. The second-order valence-corrected chi connectivity index (χ2v) is 5.41. The molecular formula is C6H8INOP2. The van der Waals surface area contributed by atoms with Crippen LogP contribution < -0.4 is 5.09 Å². The van der Waals surface area contributed by atoms with Crippen molar-refractivity contribution in [1.82, 2.24) is 5.09 Å². The standard InChI is InChI=1S/C6H8INOP2/c9-6(8-10)11-5-2-1-3-7-4-5/h1-4,11H,10H2,(H,8,9). The Morgan fingerprint density at radius 3 is 3.09 bits per heavy atom. The second kappa shape index (κ2) is 5.13. The molecule has 60 valence electrons. The van der Waals surface area contributed by atoms with Crippen molar-refractivity contribution < 1.29 is 4.79 Å². The van der Waals surface area contributed by atoms with Crippen LogP contribution in [0.15, 0.2) is 21.5 Å². The van der Waals surface area contributed by atoms with Gasteiger partial charge in [-0.15, -0.1) is 0 Å². The van der Waals surface area contributed by atoms with Gasteiger partial charge < -0.3 is 5.09 Å². The van der Waals surface area contributed by atoms with E-state index >= 15 is 0 Å². The zero-order chi connectivity index (χ0) is 8.10. The van der Waals surface area contributed by atoms with Crippen LogP contribution in [-0.4, -0.2) is 9.66 Å². The summed E-state index contributed by atoms with van der Waals surface area (Å²) in [6.45, 7) is 0. The highest BCUT2D eigenvalue weighted by Crippen LogP contribution is 2.26. The smallest absolute Gasteiger partial charge is 0.245 e. The van der Waals surface area contributed by atoms with Gasteiger partial charge >= 0.3 is 0 Å². The van der Waals surface area contributed by atoms with E-state index in [1.54, 1.807) is 0 Å². The third kappa shape index (κ3) is 3.55. The number of nitrogens with one attached hydrogen (secondary N) is 1. The minimum absolute atomic E-state index is 0.0804. The van der Waals surface area contributed by atoms with Gasteiger partial charge in [0.15, 0.2) is 0 Å². The SMILES string of the molecule is O=C(NP)PC1=CC=CI=C1. The number of carbonyl (C=O) groups excluding carboxylic acids is 1. The first-order chi connectivity index (χ1) is 5.33. The maximum absolute atomic E-state index is 10.9. The van der Waals surface area contributed by atoms with Crippen LogP contribution in [0.1, 0.15) is 0 Å². The van der Waals surface area contributed by atoms with Gasteiger partial charge in [0, 0.05) is 8.58 Å². The average molecular weight is 299 g/mol. The fourth-order valence-electron chi connectivity index (χ4n) is 0.559. The highest BCUT2D eigenvalue weighted by atomic mass is 127. The highest BCUT2D eigenvalue weighted by molar-refractivity contribution is 14.2. The number of amides is 1. The summed E-state index contributed by atoms with van der Waals surface area (Å²) in [5.74, 6) is 0. The zero-order valence-electron chi connectivity index (χ0n) is 5.67. The molecule has 0 spiro atoms. The van der Waals surface area contributed by atoms with E-state index in [-0.39, 0.29) is 35.0 Å². The van der Waals surface area contributed by atoms with Gasteiger partial charge in [-0.25, -0.2) is 0 Å². The topological polar surface area (TPSA) is 29.1 Å². The van der Waals surface area contributed by atoms with E-state index in [0.29, 0.717) is 0 Å². The molecule has 2 unspecified atom stereocenters. The molecule has 11 heavy (non-hydrogen) atoms. The highest BCUT2D eigenvalue weighted by Gasteiger charge is 2.00. The molecular weight excluding hydrogens is 291 g/mol. The fourth-order valence-corrected chi connectivity index (χ4v) is 3.48. The second-order valence-electron chi connectivity index (χ2n) is 1.77. The summed E-state index contributed by atoms with van der Waals surface area (Å²) in [6.07, 6.45) is 4.03. The zero-order valence-corrected chi connectivity index (χ0v) is 9.99. The Labute approximate surface area is 79.7 Å². The molecule has 0 fully saturated rings. The van der Waals surface area contributed by atoms with Crippen molar-refractivity contribution in [1.29, 1.82) is 0 Å². The van der Waals surface area contributed by atoms with Crippen LogP contribution in [0.2, 0.25) is 0 Å². The lowest BCUT2D eigenvalue weighted by Gasteiger charge is -2.00. The summed E-state index contributed by atoms with van der Waals surface area (Å²) < 4.78 is 4.35. The summed E-state index contributed by atoms with van der Waals surface area (Å²) in [5, 5.41) is 3.70. The Morgan fingerprint density at radius 1 is 1.73 bits per heavy atom.